The van der Waals surface area contributed by atoms with E-state index >= 15 is 0 Å². The Morgan fingerprint density at radius 2 is 2.32 bits per heavy atom. The number of hydrogen-bond acceptors (Lipinski definition) is 5. The fourth-order valence-electron chi connectivity index (χ4n) is 2.09. The number of nitrogens with one attached hydrogen (secondary N) is 1. The number of hydrogen-bond donors (Lipinski definition) is 2. The molecular weight excluding hydrogens is 257 g/mol. The Hall–Kier alpha value is -2.22. The summed E-state index contributed by atoms with van der Waals surface area (Å²) in [4.78, 5) is 22.8. The molecule has 1 aliphatic heterocycles. The predicted octanol–water partition coefficient (Wildman–Crippen LogP) is 0.597. The highest BCUT2D eigenvalue weighted by molar-refractivity contribution is 5.80. The minimum atomic E-state index is -1.11. The smallest absolute Gasteiger partial charge is 0.327 e. The number of rotatable bonds is 3. The van der Waals surface area contributed by atoms with E-state index in [1.165, 1.54) is 4.90 Å². The van der Waals surface area contributed by atoms with Gasteiger partial charge in [0.05, 0.1) is 4.92 Å². The summed E-state index contributed by atoms with van der Waals surface area (Å²) in [6.45, 7) is 0.904. The number of benzene rings is 1. The number of carbonyl (C=O) groups is 1. The van der Waals surface area contributed by atoms with Crippen molar-refractivity contribution >= 4 is 17.3 Å². The molecule has 0 bridgehead atoms. The van der Waals surface area contributed by atoms with E-state index < -0.39 is 22.8 Å². The third kappa shape index (κ3) is 2.63. The van der Waals surface area contributed by atoms with Crippen molar-refractivity contribution in [3.8, 4) is 0 Å². The molecule has 0 spiro atoms. The molecule has 1 saturated heterocycles. The molecule has 1 aromatic rings. The fraction of sp³-hybridized carbons (Fsp3) is 0.364. The summed E-state index contributed by atoms with van der Waals surface area (Å²) in [6, 6.07) is 2.08. The summed E-state index contributed by atoms with van der Waals surface area (Å²) in [5.41, 5.74) is -0.298. The molecule has 2 rings (SSSR count). The van der Waals surface area contributed by atoms with Crippen LogP contribution in [0.2, 0.25) is 0 Å². The summed E-state index contributed by atoms with van der Waals surface area (Å²) in [5.74, 6) is -1.74. The van der Waals surface area contributed by atoms with E-state index in [-0.39, 0.29) is 24.5 Å². The first-order valence-corrected chi connectivity index (χ1v) is 5.65. The predicted molar refractivity (Wildman–Crippen MR) is 64.7 cm³/mol. The number of nitrogens with zero attached hydrogens (tertiary/aromatic N) is 2. The number of piperazine rings is 1. The summed E-state index contributed by atoms with van der Waals surface area (Å²) in [6.07, 6.45) is 0. The van der Waals surface area contributed by atoms with Crippen LogP contribution in [0.3, 0.4) is 0 Å². The highest BCUT2D eigenvalue weighted by Gasteiger charge is 2.32. The van der Waals surface area contributed by atoms with E-state index in [1.54, 1.807) is 0 Å². The van der Waals surface area contributed by atoms with E-state index in [4.69, 9.17) is 5.11 Å². The van der Waals surface area contributed by atoms with E-state index in [1.807, 2.05) is 0 Å². The van der Waals surface area contributed by atoms with Gasteiger partial charge in [-0.15, -0.1) is 0 Å². The molecule has 7 nitrogen and oxygen atoms in total. The Bertz CT molecular complexity index is 523. The molecule has 1 aromatic carbocycles. The van der Waals surface area contributed by atoms with Crippen molar-refractivity contribution in [2.45, 2.75) is 6.04 Å². The average Bonchev–Trinajstić information content (AvgIpc) is 2.38. The van der Waals surface area contributed by atoms with Gasteiger partial charge in [0.25, 0.3) is 5.69 Å². The molecule has 1 unspecified atom stereocenters. The Morgan fingerprint density at radius 3 is 2.95 bits per heavy atom. The van der Waals surface area contributed by atoms with E-state index in [2.05, 4.69) is 5.32 Å². The summed E-state index contributed by atoms with van der Waals surface area (Å²) >= 11 is 0. The molecule has 0 radical (unpaired) electrons. The average molecular weight is 269 g/mol. The largest absolute Gasteiger partial charge is 0.480 e. The lowest BCUT2D eigenvalue weighted by Gasteiger charge is -2.34. The van der Waals surface area contributed by atoms with Crippen LogP contribution in [0.1, 0.15) is 0 Å². The monoisotopic (exact) mass is 269 g/mol. The fourth-order valence-corrected chi connectivity index (χ4v) is 2.09. The van der Waals surface area contributed by atoms with Crippen molar-refractivity contribution in [1.82, 2.24) is 5.32 Å². The standard InChI is InChI=1S/C11H12FN3O4/c12-7-1-2-8(15(18)19)9(5-7)14-4-3-13-6-10(14)11(16)17/h1-2,5,10,13H,3-4,6H2,(H,16,17). The number of carboxylic acid groups (broad SMARTS) is 1. The van der Waals surface area contributed by atoms with Crippen LogP contribution >= 0.6 is 0 Å². The molecular formula is C11H12FN3O4. The van der Waals surface area contributed by atoms with Gasteiger partial charge in [0.1, 0.15) is 17.5 Å². The zero-order valence-electron chi connectivity index (χ0n) is 9.88. The van der Waals surface area contributed by atoms with Crippen LogP contribution in [0.25, 0.3) is 0 Å². The molecule has 1 aliphatic rings. The van der Waals surface area contributed by atoms with Gasteiger partial charge in [-0.2, -0.15) is 0 Å². The van der Waals surface area contributed by atoms with E-state index in [9.17, 15) is 19.3 Å². The third-order valence-electron chi connectivity index (χ3n) is 2.97. The van der Waals surface area contributed by atoms with Crippen LogP contribution in [0.15, 0.2) is 18.2 Å². The Labute approximate surface area is 107 Å². The van der Waals surface area contributed by atoms with Crippen LogP contribution in [0.4, 0.5) is 15.8 Å². The van der Waals surface area contributed by atoms with Crippen LogP contribution in [-0.4, -0.2) is 41.7 Å². The zero-order valence-corrected chi connectivity index (χ0v) is 9.88. The molecule has 19 heavy (non-hydrogen) atoms. The minimum Gasteiger partial charge on any atom is -0.480 e. The Morgan fingerprint density at radius 1 is 1.58 bits per heavy atom. The maximum atomic E-state index is 13.3. The van der Waals surface area contributed by atoms with Crippen molar-refractivity contribution in [2.75, 3.05) is 24.5 Å². The first-order valence-electron chi connectivity index (χ1n) is 5.65. The van der Waals surface area contributed by atoms with Gasteiger partial charge in [-0.05, 0) is 6.07 Å². The number of carboxylic acids is 1. The lowest BCUT2D eigenvalue weighted by atomic mass is 10.1. The van der Waals surface area contributed by atoms with Gasteiger partial charge in [0, 0.05) is 31.8 Å². The number of nitro benzene ring substituents is 1. The molecule has 8 heteroatoms. The second kappa shape index (κ2) is 5.19. The lowest BCUT2D eigenvalue weighted by molar-refractivity contribution is -0.384. The molecule has 0 aliphatic carbocycles. The van der Waals surface area contributed by atoms with Gasteiger partial charge < -0.3 is 15.3 Å². The maximum absolute atomic E-state index is 13.3. The molecule has 1 atom stereocenters. The summed E-state index contributed by atoms with van der Waals surface area (Å²) < 4.78 is 13.3. The first kappa shape index (κ1) is 13.2. The molecule has 1 heterocycles. The van der Waals surface area contributed by atoms with Crippen LogP contribution in [-0.2, 0) is 4.79 Å². The van der Waals surface area contributed by atoms with Crippen LogP contribution < -0.4 is 10.2 Å². The second-order valence-electron chi connectivity index (χ2n) is 4.14. The second-order valence-corrected chi connectivity index (χ2v) is 4.14. The summed E-state index contributed by atoms with van der Waals surface area (Å²) in [5, 5.41) is 23.0. The number of aliphatic carboxylic acids is 1. The van der Waals surface area contributed by atoms with Crippen molar-refractivity contribution in [1.29, 1.82) is 0 Å². The number of anilines is 1. The van der Waals surface area contributed by atoms with Gasteiger partial charge >= 0.3 is 5.97 Å². The number of nitro groups is 1. The van der Waals surface area contributed by atoms with Gasteiger partial charge in [0.2, 0.25) is 0 Å². The van der Waals surface area contributed by atoms with Crippen LogP contribution in [0.5, 0.6) is 0 Å². The third-order valence-corrected chi connectivity index (χ3v) is 2.97. The van der Waals surface area contributed by atoms with E-state index in [0.717, 1.165) is 18.2 Å². The maximum Gasteiger partial charge on any atom is 0.327 e. The molecule has 0 aromatic heterocycles. The van der Waals surface area contributed by atoms with Gasteiger partial charge in [-0.3, -0.25) is 10.1 Å². The summed E-state index contributed by atoms with van der Waals surface area (Å²) in [7, 11) is 0. The van der Waals surface area contributed by atoms with Gasteiger partial charge in [-0.25, -0.2) is 9.18 Å². The molecule has 102 valence electrons. The Kier molecular flexibility index (Phi) is 3.61. The first-order chi connectivity index (χ1) is 9.00. The topological polar surface area (TPSA) is 95.7 Å². The molecule has 0 amide bonds. The quantitative estimate of drug-likeness (QED) is 0.616. The lowest BCUT2D eigenvalue weighted by Crippen LogP contribution is -2.55. The normalized spacial score (nSPS) is 19.2. The highest BCUT2D eigenvalue weighted by atomic mass is 19.1. The van der Waals surface area contributed by atoms with Crippen molar-refractivity contribution in [3.05, 3.63) is 34.1 Å². The molecule has 2 N–H and O–H groups in total. The highest BCUT2D eigenvalue weighted by Crippen LogP contribution is 2.30. The zero-order chi connectivity index (χ0) is 14.0. The number of halogens is 1. The van der Waals surface area contributed by atoms with Crippen LogP contribution in [0, 0.1) is 15.9 Å². The van der Waals surface area contributed by atoms with E-state index in [0.29, 0.717) is 6.54 Å². The SMILES string of the molecule is O=C(O)C1CNCCN1c1cc(F)ccc1[N+](=O)[O-]. The van der Waals surface area contributed by atoms with Gasteiger partial charge in [0.15, 0.2) is 0 Å². The Balaban J connectivity index is 2.46. The van der Waals surface area contributed by atoms with Crippen molar-refractivity contribution in [3.63, 3.8) is 0 Å². The minimum absolute atomic E-state index is 0.00102. The van der Waals surface area contributed by atoms with Crippen molar-refractivity contribution in [2.24, 2.45) is 0 Å². The molecule has 1 fully saturated rings. The molecule has 0 saturated carbocycles. The van der Waals surface area contributed by atoms with Crippen molar-refractivity contribution < 1.29 is 19.2 Å². The van der Waals surface area contributed by atoms with Gasteiger partial charge in [-0.1, -0.05) is 0 Å².